The molecule has 0 aliphatic carbocycles. The van der Waals surface area contributed by atoms with Crippen LogP contribution in [0.5, 0.6) is 0 Å². The van der Waals surface area contributed by atoms with Gasteiger partial charge in [-0.1, -0.05) is 53.0 Å². The van der Waals surface area contributed by atoms with Gasteiger partial charge in [-0.15, -0.1) is 0 Å². The molecule has 0 amide bonds. The van der Waals surface area contributed by atoms with Crippen LogP contribution in [0.1, 0.15) is 0 Å². The van der Waals surface area contributed by atoms with Gasteiger partial charge in [0.05, 0.1) is 0 Å². The molecule has 4 heteroatoms. The first-order valence-corrected chi connectivity index (χ1v) is 6.09. The quantitative estimate of drug-likeness (QED) is 0.794. The minimum atomic E-state index is 0.646. The van der Waals surface area contributed by atoms with Gasteiger partial charge in [0.2, 0.25) is 0 Å². The molecule has 2 rings (SSSR count). The van der Waals surface area contributed by atoms with Gasteiger partial charge in [-0.25, -0.2) is 0 Å². The van der Waals surface area contributed by atoms with Gasteiger partial charge in [-0.3, -0.25) is 0 Å². The third kappa shape index (κ3) is 3.62. The Morgan fingerprint density at radius 1 is 0.765 bits per heavy atom. The normalized spacial score (nSPS) is 9.47. The molecule has 0 saturated heterocycles. The van der Waals surface area contributed by atoms with Gasteiger partial charge in [0, 0.05) is 26.2 Å². The smallest absolute Gasteiger partial charge is 0.0485 e. The lowest BCUT2D eigenvalue weighted by Crippen LogP contribution is -1.81. The molecular formula is C13H12Cl3N. The molecule has 0 radical (unpaired) electrons. The van der Waals surface area contributed by atoms with Crippen LogP contribution in [-0.4, -0.2) is 7.05 Å². The van der Waals surface area contributed by atoms with Gasteiger partial charge in [0.1, 0.15) is 0 Å². The number of hydrogen-bond acceptors (Lipinski definition) is 1. The van der Waals surface area contributed by atoms with Gasteiger partial charge in [-0.2, -0.15) is 0 Å². The average Bonchev–Trinajstić information content (AvgIpc) is 2.36. The van der Waals surface area contributed by atoms with Crippen LogP contribution in [0.3, 0.4) is 0 Å². The molecule has 0 aliphatic heterocycles. The third-order valence-electron chi connectivity index (χ3n) is 2.09. The Labute approximate surface area is 116 Å². The van der Waals surface area contributed by atoms with E-state index in [0.29, 0.717) is 15.1 Å². The van der Waals surface area contributed by atoms with Crippen LogP contribution in [0.4, 0.5) is 0 Å². The van der Waals surface area contributed by atoms with Crippen LogP contribution >= 0.6 is 34.8 Å². The van der Waals surface area contributed by atoms with Crippen molar-refractivity contribution in [1.29, 1.82) is 0 Å². The maximum Gasteiger partial charge on any atom is 0.0485 e. The van der Waals surface area contributed by atoms with E-state index in [1.165, 1.54) is 7.05 Å². The first kappa shape index (κ1) is 14.3. The molecule has 0 aliphatic rings. The van der Waals surface area contributed by atoms with Gasteiger partial charge in [0.25, 0.3) is 0 Å². The predicted molar refractivity (Wildman–Crippen MR) is 77.0 cm³/mol. The Morgan fingerprint density at radius 2 is 1.35 bits per heavy atom. The van der Waals surface area contributed by atoms with Crippen LogP contribution in [0.2, 0.25) is 15.1 Å². The number of halogens is 3. The second-order valence-corrected chi connectivity index (χ2v) is 4.35. The monoisotopic (exact) mass is 287 g/mol. The Morgan fingerprint density at radius 3 is 2.00 bits per heavy atom. The molecule has 90 valence electrons. The topological polar surface area (TPSA) is 26.0 Å². The number of rotatable bonds is 1. The van der Waals surface area contributed by atoms with Gasteiger partial charge >= 0.3 is 0 Å². The summed E-state index contributed by atoms with van der Waals surface area (Å²) in [6, 6.07) is 12.9. The van der Waals surface area contributed by atoms with E-state index in [9.17, 15) is 0 Å². The lowest BCUT2D eigenvalue weighted by molar-refractivity contribution is 1.48. The van der Waals surface area contributed by atoms with Gasteiger partial charge in [0.15, 0.2) is 0 Å². The fourth-order valence-electron chi connectivity index (χ4n) is 1.38. The summed E-state index contributed by atoms with van der Waals surface area (Å²) in [4.78, 5) is 0. The van der Waals surface area contributed by atoms with E-state index in [-0.39, 0.29) is 0 Å². The summed E-state index contributed by atoms with van der Waals surface area (Å²) in [6.45, 7) is 0. The van der Waals surface area contributed by atoms with E-state index in [1.807, 2.05) is 30.3 Å². The van der Waals surface area contributed by atoms with Crippen molar-refractivity contribution in [2.45, 2.75) is 0 Å². The van der Waals surface area contributed by atoms with E-state index >= 15 is 0 Å². The van der Waals surface area contributed by atoms with Crippen molar-refractivity contribution in [1.82, 2.24) is 0 Å². The van der Waals surface area contributed by atoms with Crippen molar-refractivity contribution in [2.24, 2.45) is 5.73 Å². The largest absolute Gasteiger partial charge is 0.333 e. The van der Waals surface area contributed by atoms with E-state index < -0.39 is 0 Å². The molecule has 0 heterocycles. The molecule has 0 bridgehead atoms. The van der Waals surface area contributed by atoms with Crippen LogP contribution in [0, 0.1) is 0 Å². The number of benzene rings is 2. The summed E-state index contributed by atoms with van der Waals surface area (Å²) in [7, 11) is 1.50. The zero-order chi connectivity index (χ0) is 12.8. The molecule has 0 spiro atoms. The van der Waals surface area contributed by atoms with Crippen molar-refractivity contribution in [3.63, 3.8) is 0 Å². The van der Waals surface area contributed by atoms with Crippen LogP contribution in [0.15, 0.2) is 42.5 Å². The predicted octanol–water partition coefficient (Wildman–Crippen LogP) is 4.89. The highest BCUT2D eigenvalue weighted by Crippen LogP contribution is 2.34. The molecule has 2 aromatic carbocycles. The summed E-state index contributed by atoms with van der Waals surface area (Å²) in [6.07, 6.45) is 0. The second kappa shape index (κ2) is 6.87. The molecule has 0 fully saturated rings. The van der Waals surface area contributed by atoms with Crippen molar-refractivity contribution in [2.75, 3.05) is 7.05 Å². The summed E-state index contributed by atoms with van der Waals surface area (Å²) >= 11 is 18.1. The molecule has 1 nitrogen and oxygen atoms in total. The first-order chi connectivity index (χ1) is 8.18. The Hall–Kier alpha value is -0.730. The molecule has 0 unspecified atom stereocenters. The van der Waals surface area contributed by atoms with Crippen molar-refractivity contribution < 1.29 is 0 Å². The third-order valence-corrected chi connectivity index (χ3v) is 2.99. The number of hydrogen-bond donors (Lipinski definition) is 1. The standard InChI is InChI=1S/C12H7Cl3.CH5N/c13-8-5-6-12(15)10(7-8)9-3-1-2-4-11(9)14;1-2/h1-7H;2H2,1H3. The first-order valence-electron chi connectivity index (χ1n) is 4.96. The zero-order valence-electron chi connectivity index (χ0n) is 9.25. The maximum absolute atomic E-state index is 6.09. The molecule has 2 N–H and O–H groups in total. The fraction of sp³-hybridized carbons (Fsp3) is 0.0769. The second-order valence-electron chi connectivity index (χ2n) is 3.10. The van der Waals surface area contributed by atoms with Crippen LogP contribution in [0.25, 0.3) is 11.1 Å². The SMILES string of the molecule is CN.Clc1ccc(Cl)c(-c2ccccc2Cl)c1. The summed E-state index contributed by atoms with van der Waals surface area (Å²) in [5.74, 6) is 0. The summed E-state index contributed by atoms with van der Waals surface area (Å²) in [5.41, 5.74) is 6.25. The highest BCUT2D eigenvalue weighted by atomic mass is 35.5. The molecule has 0 atom stereocenters. The molecule has 17 heavy (non-hydrogen) atoms. The Balaban J connectivity index is 0.000000686. The maximum atomic E-state index is 6.09. The number of nitrogens with two attached hydrogens (primary N) is 1. The van der Waals surface area contributed by atoms with E-state index in [1.54, 1.807) is 12.1 Å². The lowest BCUT2D eigenvalue weighted by atomic mass is 10.1. The van der Waals surface area contributed by atoms with Crippen molar-refractivity contribution >= 4 is 34.8 Å². The minimum absolute atomic E-state index is 0.646. The molecule has 2 aromatic rings. The van der Waals surface area contributed by atoms with Gasteiger partial charge < -0.3 is 5.73 Å². The van der Waals surface area contributed by atoms with E-state index in [2.05, 4.69) is 5.73 Å². The molecule has 0 saturated carbocycles. The van der Waals surface area contributed by atoms with Crippen LogP contribution < -0.4 is 5.73 Å². The average molecular weight is 289 g/mol. The van der Waals surface area contributed by atoms with Gasteiger partial charge in [-0.05, 0) is 31.3 Å². The summed E-state index contributed by atoms with van der Waals surface area (Å²) in [5, 5.41) is 1.96. The molecule has 0 aromatic heterocycles. The molecular weight excluding hydrogens is 277 g/mol. The Kier molecular flexibility index (Phi) is 5.79. The van der Waals surface area contributed by atoms with Crippen LogP contribution in [-0.2, 0) is 0 Å². The lowest BCUT2D eigenvalue weighted by Gasteiger charge is -2.06. The van der Waals surface area contributed by atoms with Crippen molar-refractivity contribution in [3.05, 3.63) is 57.5 Å². The highest BCUT2D eigenvalue weighted by molar-refractivity contribution is 6.37. The fourth-order valence-corrected chi connectivity index (χ4v) is 2.01. The van der Waals surface area contributed by atoms with E-state index in [4.69, 9.17) is 34.8 Å². The van der Waals surface area contributed by atoms with Crippen molar-refractivity contribution in [3.8, 4) is 11.1 Å². The zero-order valence-corrected chi connectivity index (χ0v) is 11.5. The highest BCUT2D eigenvalue weighted by Gasteiger charge is 2.07. The summed E-state index contributed by atoms with van der Waals surface area (Å²) < 4.78 is 0. The Bertz CT molecular complexity index is 498. The minimum Gasteiger partial charge on any atom is -0.333 e. The van der Waals surface area contributed by atoms with E-state index in [0.717, 1.165) is 11.1 Å².